The molecule has 3 aromatic rings. The molecule has 0 radical (unpaired) electrons. The van der Waals surface area contributed by atoms with Crippen LogP contribution in [-0.4, -0.2) is 22.3 Å². The molecule has 2 N–H and O–H groups in total. The summed E-state index contributed by atoms with van der Waals surface area (Å²) in [5, 5.41) is 4.35. The van der Waals surface area contributed by atoms with Crippen LogP contribution in [0.15, 0.2) is 65.9 Å². The maximum atomic E-state index is 5.84. The van der Waals surface area contributed by atoms with E-state index in [9.17, 15) is 0 Å². The van der Waals surface area contributed by atoms with Crippen LogP contribution < -0.4 is 5.73 Å². The molecule has 1 aliphatic carbocycles. The van der Waals surface area contributed by atoms with Crippen LogP contribution in [0.2, 0.25) is 0 Å². The summed E-state index contributed by atoms with van der Waals surface area (Å²) in [4.78, 5) is 14.0. The minimum Gasteiger partial charge on any atom is -0.396 e. The fraction of sp³-hybridized carbons (Fsp3) is 0.227. The SMILES string of the molecule is CCO/N=C1\CC(c2ccccc2-c2ccccc2)Cc2nc(N)ncc21. The van der Waals surface area contributed by atoms with Gasteiger partial charge in [-0.1, -0.05) is 59.8 Å². The Labute approximate surface area is 158 Å². The van der Waals surface area contributed by atoms with E-state index in [-0.39, 0.29) is 5.92 Å². The quantitative estimate of drug-likeness (QED) is 0.710. The standard InChI is InChI=1S/C22H22N4O/c1-2-27-26-21-13-16(12-20-19(21)14-24-22(23)25-20)18-11-7-6-10-17(18)15-8-4-3-5-9-15/h3-11,14,16H,2,12-13H2,1H3,(H2,23,24,25)/b26-21+. The van der Waals surface area contributed by atoms with E-state index in [2.05, 4.69) is 63.7 Å². The zero-order valence-corrected chi connectivity index (χ0v) is 15.3. The molecule has 136 valence electrons. The molecule has 0 fully saturated rings. The molecule has 1 unspecified atom stereocenters. The first-order valence-corrected chi connectivity index (χ1v) is 9.21. The average molecular weight is 358 g/mol. The third-order valence-corrected chi connectivity index (χ3v) is 4.87. The van der Waals surface area contributed by atoms with Crippen molar-refractivity contribution in [3.63, 3.8) is 0 Å². The number of nitrogen functional groups attached to an aromatic ring is 1. The lowest BCUT2D eigenvalue weighted by Crippen LogP contribution is -2.22. The summed E-state index contributed by atoms with van der Waals surface area (Å²) in [6.07, 6.45) is 3.34. The average Bonchev–Trinajstić information content (AvgIpc) is 2.72. The predicted octanol–water partition coefficient (Wildman–Crippen LogP) is 4.20. The van der Waals surface area contributed by atoms with Crippen LogP contribution >= 0.6 is 0 Å². The molecule has 0 aliphatic heterocycles. The Morgan fingerprint density at radius 3 is 2.63 bits per heavy atom. The smallest absolute Gasteiger partial charge is 0.220 e. The Hall–Kier alpha value is -3.21. The molecule has 5 heteroatoms. The molecule has 1 heterocycles. The Morgan fingerprint density at radius 1 is 1.04 bits per heavy atom. The summed E-state index contributed by atoms with van der Waals surface area (Å²) in [5.74, 6) is 0.545. The van der Waals surface area contributed by atoms with Gasteiger partial charge in [-0.15, -0.1) is 0 Å². The zero-order valence-electron chi connectivity index (χ0n) is 15.3. The largest absolute Gasteiger partial charge is 0.396 e. The Bertz CT molecular complexity index is 969. The maximum absolute atomic E-state index is 5.84. The van der Waals surface area contributed by atoms with Gasteiger partial charge in [-0.25, -0.2) is 9.97 Å². The van der Waals surface area contributed by atoms with Crippen molar-refractivity contribution < 1.29 is 4.84 Å². The fourth-order valence-corrected chi connectivity index (χ4v) is 3.66. The van der Waals surface area contributed by atoms with Gasteiger partial charge in [0.1, 0.15) is 6.61 Å². The second-order valence-corrected chi connectivity index (χ2v) is 6.60. The van der Waals surface area contributed by atoms with Gasteiger partial charge in [0, 0.05) is 18.2 Å². The summed E-state index contributed by atoms with van der Waals surface area (Å²) >= 11 is 0. The molecule has 5 nitrogen and oxygen atoms in total. The third kappa shape index (κ3) is 3.53. The molecule has 1 aliphatic rings. The van der Waals surface area contributed by atoms with Gasteiger partial charge in [0.2, 0.25) is 5.95 Å². The monoisotopic (exact) mass is 358 g/mol. The molecule has 2 aromatic carbocycles. The minimum atomic E-state index is 0.252. The van der Waals surface area contributed by atoms with Crippen LogP contribution in [0.25, 0.3) is 11.1 Å². The maximum Gasteiger partial charge on any atom is 0.220 e. The van der Waals surface area contributed by atoms with Gasteiger partial charge in [-0.2, -0.15) is 0 Å². The first-order chi connectivity index (χ1) is 13.3. The summed E-state index contributed by atoms with van der Waals surface area (Å²) in [6, 6.07) is 19.0. The molecule has 0 saturated carbocycles. The van der Waals surface area contributed by atoms with E-state index in [1.54, 1.807) is 6.20 Å². The lowest BCUT2D eigenvalue weighted by atomic mass is 9.79. The van der Waals surface area contributed by atoms with Crippen LogP contribution in [0.5, 0.6) is 0 Å². The van der Waals surface area contributed by atoms with E-state index < -0.39 is 0 Å². The van der Waals surface area contributed by atoms with Gasteiger partial charge < -0.3 is 10.6 Å². The minimum absolute atomic E-state index is 0.252. The van der Waals surface area contributed by atoms with Crippen molar-refractivity contribution in [1.29, 1.82) is 0 Å². The summed E-state index contributed by atoms with van der Waals surface area (Å²) in [5.41, 5.74) is 12.3. The number of rotatable bonds is 4. The van der Waals surface area contributed by atoms with Crippen LogP contribution in [-0.2, 0) is 11.3 Å². The molecule has 4 rings (SSSR count). The molecule has 27 heavy (non-hydrogen) atoms. The lowest BCUT2D eigenvalue weighted by Gasteiger charge is -2.27. The van der Waals surface area contributed by atoms with Crippen molar-refractivity contribution in [2.24, 2.45) is 5.16 Å². The van der Waals surface area contributed by atoms with Gasteiger partial charge >= 0.3 is 0 Å². The van der Waals surface area contributed by atoms with Crippen molar-refractivity contribution in [2.45, 2.75) is 25.7 Å². The number of oxime groups is 1. The number of fused-ring (bicyclic) bond motifs is 1. The van der Waals surface area contributed by atoms with Crippen molar-refractivity contribution in [3.8, 4) is 11.1 Å². The third-order valence-electron chi connectivity index (χ3n) is 4.87. The van der Waals surface area contributed by atoms with Crippen molar-refractivity contribution in [1.82, 2.24) is 9.97 Å². The Kier molecular flexibility index (Phi) is 4.83. The molecule has 0 spiro atoms. The highest BCUT2D eigenvalue weighted by Crippen LogP contribution is 2.37. The highest BCUT2D eigenvalue weighted by Gasteiger charge is 2.28. The number of aromatic nitrogens is 2. The molecule has 1 aromatic heterocycles. The van der Waals surface area contributed by atoms with Gasteiger partial charge in [-0.3, -0.25) is 0 Å². The topological polar surface area (TPSA) is 73.4 Å². The number of nitrogens with two attached hydrogens (primary N) is 1. The van der Waals surface area contributed by atoms with E-state index in [1.807, 2.05) is 13.0 Å². The van der Waals surface area contributed by atoms with Crippen molar-refractivity contribution in [3.05, 3.63) is 77.6 Å². The molecular weight excluding hydrogens is 336 g/mol. The van der Waals surface area contributed by atoms with Crippen LogP contribution in [0.3, 0.4) is 0 Å². The predicted molar refractivity (Wildman–Crippen MR) is 108 cm³/mol. The number of benzene rings is 2. The second kappa shape index (κ2) is 7.58. The highest BCUT2D eigenvalue weighted by molar-refractivity contribution is 6.02. The normalized spacial score (nSPS) is 17.5. The molecular formula is C22H22N4O. The van der Waals surface area contributed by atoms with E-state index in [1.165, 1.54) is 16.7 Å². The summed E-state index contributed by atoms with van der Waals surface area (Å²) in [7, 11) is 0. The first-order valence-electron chi connectivity index (χ1n) is 9.21. The molecule has 0 amide bonds. The summed E-state index contributed by atoms with van der Waals surface area (Å²) in [6.45, 7) is 2.45. The number of anilines is 1. The Balaban J connectivity index is 1.78. The molecule has 0 saturated heterocycles. The van der Waals surface area contributed by atoms with E-state index in [4.69, 9.17) is 10.6 Å². The van der Waals surface area contributed by atoms with Crippen LogP contribution in [0, 0.1) is 0 Å². The van der Waals surface area contributed by atoms with Crippen molar-refractivity contribution in [2.75, 3.05) is 12.3 Å². The van der Waals surface area contributed by atoms with Crippen LogP contribution in [0.4, 0.5) is 5.95 Å². The van der Waals surface area contributed by atoms with Crippen molar-refractivity contribution >= 4 is 11.7 Å². The fourth-order valence-electron chi connectivity index (χ4n) is 3.66. The Morgan fingerprint density at radius 2 is 1.81 bits per heavy atom. The van der Waals surface area contributed by atoms with E-state index in [0.29, 0.717) is 12.6 Å². The first kappa shape index (κ1) is 17.2. The molecule has 0 bridgehead atoms. The van der Waals surface area contributed by atoms with Gasteiger partial charge in [0.05, 0.1) is 11.4 Å². The van der Waals surface area contributed by atoms with Gasteiger partial charge in [-0.05, 0) is 36.0 Å². The van der Waals surface area contributed by atoms with E-state index >= 15 is 0 Å². The lowest BCUT2D eigenvalue weighted by molar-refractivity contribution is 0.158. The zero-order chi connectivity index (χ0) is 18.6. The van der Waals surface area contributed by atoms with Gasteiger partial charge in [0.25, 0.3) is 0 Å². The van der Waals surface area contributed by atoms with E-state index in [0.717, 1.165) is 29.8 Å². The van der Waals surface area contributed by atoms with Crippen LogP contribution in [0.1, 0.15) is 36.1 Å². The molecule has 1 atom stereocenters. The highest BCUT2D eigenvalue weighted by atomic mass is 16.6. The summed E-state index contributed by atoms with van der Waals surface area (Å²) < 4.78 is 0. The number of hydrogen-bond donors (Lipinski definition) is 1. The number of nitrogens with zero attached hydrogens (tertiary/aromatic N) is 3. The van der Waals surface area contributed by atoms with Gasteiger partial charge in [0.15, 0.2) is 0 Å². The number of hydrogen-bond acceptors (Lipinski definition) is 5. The second-order valence-electron chi connectivity index (χ2n) is 6.60.